The van der Waals surface area contributed by atoms with Gasteiger partial charge in [-0.25, -0.2) is 4.98 Å². The molecule has 1 spiro atoms. The molecule has 0 bridgehead atoms. The van der Waals surface area contributed by atoms with E-state index in [-0.39, 0.29) is 5.91 Å². The van der Waals surface area contributed by atoms with Crippen molar-refractivity contribution in [2.75, 3.05) is 26.3 Å². The van der Waals surface area contributed by atoms with Crippen LogP contribution in [0.2, 0.25) is 0 Å². The first-order valence-electron chi connectivity index (χ1n) is 6.18. The number of rotatable bonds is 1. The Morgan fingerprint density at radius 2 is 2.28 bits per heavy atom. The molecule has 2 fully saturated rings. The number of carbonyl (C=O) groups is 1. The third-order valence-corrected chi connectivity index (χ3v) is 4.25. The Balaban J connectivity index is 1.74. The molecule has 0 aromatic carbocycles. The van der Waals surface area contributed by atoms with Gasteiger partial charge in [0.05, 0.1) is 31.0 Å². The molecule has 3 rings (SSSR count). The molecule has 0 atom stereocenters. The van der Waals surface area contributed by atoms with E-state index in [1.165, 1.54) is 11.3 Å². The number of amides is 1. The van der Waals surface area contributed by atoms with Crippen LogP contribution in [0.4, 0.5) is 0 Å². The molecule has 5 nitrogen and oxygen atoms in total. The first-order chi connectivity index (χ1) is 8.69. The van der Waals surface area contributed by atoms with Gasteiger partial charge in [-0.3, -0.25) is 4.79 Å². The Labute approximate surface area is 110 Å². The minimum absolute atomic E-state index is 0.0405. The zero-order valence-corrected chi connectivity index (χ0v) is 11.2. The molecule has 1 amide bonds. The molecule has 2 aliphatic rings. The summed E-state index contributed by atoms with van der Waals surface area (Å²) in [7, 11) is 0. The summed E-state index contributed by atoms with van der Waals surface area (Å²) in [5, 5.41) is 0.915. The van der Waals surface area contributed by atoms with E-state index in [2.05, 4.69) is 4.98 Å². The van der Waals surface area contributed by atoms with Crippen LogP contribution in [-0.4, -0.2) is 47.9 Å². The lowest BCUT2D eigenvalue weighted by atomic mass is 10.0. The van der Waals surface area contributed by atoms with Crippen LogP contribution in [0.25, 0.3) is 0 Å². The SMILES string of the molecule is Cc1ncc(C(=O)N2CCCC3(C2)OCCO3)s1. The van der Waals surface area contributed by atoms with Crippen molar-refractivity contribution in [1.29, 1.82) is 0 Å². The van der Waals surface area contributed by atoms with Crippen molar-refractivity contribution in [3.63, 3.8) is 0 Å². The standard InChI is InChI=1S/C12H16N2O3S/c1-9-13-7-10(18-9)11(15)14-4-2-3-12(8-14)16-5-6-17-12/h7H,2-6,8H2,1H3. The van der Waals surface area contributed by atoms with E-state index in [4.69, 9.17) is 9.47 Å². The number of piperidine rings is 1. The molecule has 0 unspecified atom stereocenters. The fourth-order valence-electron chi connectivity index (χ4n) is 2.51. The zero-order valence-electron chi connectivity index (χ0n) is 10.3. The number of carbonyl (C=O) groups excluding carboxylic acids is 1. The summed E-state index contributed by atoms with van der Waals surface area (Å²) in [6.07, 6.45) is 3.45. The molecule has 0 aliphatic carbocycles. The number of hydrogen-bond donors (Lipinski definition) is 0. The molecular formula is C12H16N2O3S. The second-order valence-electron chi connectivity index (χ2n) is 4.68. The summed E-state index contributed by atoms with van der Waals surface area (Å²) in [6, 6.07) is 0. The topological polar surface area (TPSA) is 51.7 Å². The molecule has 1 aromatic heterocycles. The minimum Gasteiger partial charge on any atom is -0.346 e. The normalized spacial score (nSPS) is 22.6. The van der Waals surface area contributed by atoms with Gasteiger partial charge in [0.1, 0.15) is 4.88 Å². The van der Waals surface area contributed by atoms with Crippen LogP contribution >= 0.6 is 11.3 Å². The van der Waals surface area contributed by atoms with Gasteiger partial charge in [0.25, 0.3) is 5.91 Å². The number of likely N-dealkylation sites (tertiary alicyclic amines) is 1. The maximum absolute atomic E-state index is 12.3. The molecule has 0 N–H and O–H groups in total. The number of nitrogens with zero attached hydrogens (tertiary/aromatic N) is 2. The van der Waals surface area contributed by atoms with Gasteiger partial charge >= 0.3 is 0 Å². The molecule has 2 saturated heterocycles. The van der Waals surface area contributed by atoms with E-state index in [1.807, 2.05) is 11.8 Å². The van der Waals surface area contributed by atoms with Crippen molar-refractivity contribution in [3.8, 4) is 0 Å². The second kappa shape index (κ2) is 4.60. The molecule has 6 heteroatoms. The lowest BCUT2D eigenvalue weighted by Crippen LogP contribution is -2.50. The highest BCUT2D eigenvalue weighted by Gasteiger charge is 2.42. The fourth-order valence-corrected chi connectivity index (χ4v) is 3.26. The number of thiazole rings is 1. The number of hydrogen-bond acceptors (Lipinski definition) is 5. The lowest BCUT2D eigenvalue weighted by molar-refractivity contribution is -0.183. The monoisotopic (exact) mass is 268 g/mol. The Bertz CT molecular complexity index is 454. The van der Waals surface area contributed by atoms with E-state index in [9.17, 15) is 4.79 Å². The third kappa shape index (κ3) is 2.15. The summed E-state index contributed by atoms with van der Waals surface area (Å²) in [6.45, 7) is 4.46. The minimum atomic E-state index is -0.548. The van der Waals surface area contributed by atoms with Crippen LogP contribution in [0.1, 0.15) is 27.5 Å². The number of ether oxygens (including phenoxy) is 2. The molecule has 0 saturated carbocycles. The Morgan fingerprint density at radius 3 is 2.94 bits per heavy atom. The molecular weight excluding hydrogens is 252 g/mol. The van der Waals surface area contributed by atoms with E-state index in [0.717, 1.165) is 24.4 Å². The quantitative estimate of drug-likeness (QED) is 0.773. The van der Waals surface area contributed by atoms with Crippen LogP contribution < -0.4 is 0 Å². The zero-order chi connectivity index (χ0) is 12.6. The summed E-state index contributed by atoms with van der Waals surface area (Å²) in [5.74, 6) is -0.507. The molecule has 2 aliphatic heterocycles. The van der Waals surface area contributed by atoms with Gasteiger partial charge in [0.2, 0.25) is 0 Å². The summed E-state index contributed by atoms with van der Waals surface area (Å²) in [4.78, 5) is 19.0. The fraction of sp³-hybridized carbons (Fsp3) is 0.667. The molecule has 98 valence electrons. The Morgan fingerprint density at radius 1 is 1.50 bits per heavy atom. The summed E-state index contributed by atoms with van der Waals surface area (Å²) >= 11 is 1.44. The first kappa shape index (κ1) is 12.1. The Kier molecular flexibility index (Phi) is 3.09. The van der Waals surface area contributed by atoms with Gasteiger partial charge in [-0.1, -0.05) is 0 Å². The smallest absolute Gasteiger partial charge is 0.265 e. The summed E-state index contributed by atoms with van der Waals surface area (Å²) in [5.41, 5.74) is 0. The van der Waals surface area contributed by atoms with E-state index in [1.54, 1.807) is 6.20 Å². The van der Waals surface area contributed by atoms with Gasteiger partial charge in [0, 0.05) is 13.0 Å². The summed E-state index contributed by atoms with van der Waals surface area (Å²) < 4.78 is 11.3. The highest BCUT2D eigenvalue weighted by molar-refractivity contribution is 7.13. The van der Waals surface area contributed by atoms with Gasteiger partial charge in [0.15, 0.2) is 5.79 Å². The molecule has 18 heavy (non-hydrogen) atoms. The van der Waals surface area contributed by atoms with Crippen molar-refractivity contribution in [2.24, 2.45) is 0 Å². The molecule has 1 aromatic rings. The Hall–Kier alpha value is -0.980. The maximum atomic E-state index is 12.3. The highest BCUT2D eigenvalue weighted by Crippen LogP contribution is 2.31. The third-order valence-electron chi connectivity index (χ3n) is 3.35. The van der Waals surface area contributed by atoms with Crippen molar-refractivity contribution in [3.05, 3.63) is 16.1 Å². The van der Waals surface area contributed by atoms with Gasteiger partial charge in [-0.2, -0.15) is 0 Å². The largest absolute Gasteiger partial charge is 0.346 e. The second-order valence-corrected chi connectivity index (χ2v) is 5.92. The average Bonchev–Trinajstić information content (AvgIpc) is 2.98. The van der Waals surface area contributed by atoms with Crippen molar-refractivity contribution in [1.82, 2.24) is 9.88 Å². The van der Waals surface area contributed by atoms with Crippen LogP contribution in [0.5, 0.6) is 0 Å². The van der Waals surface area contributed by atoms with E-state index >= 15 is 0 Å². The van der Waals surface area contributed by atoms with Crippen molar-refractivity contribution >= 4 is 17.2 Å². The van der Waals surface area contributed by atoms with Crippen molar-refractivity contribution < 1.29 is 14.3 Å². The first-order valence-corrected chi connectivity index (χ1v) is 7.00. The predicted octanol–water partition coefficient (Wildman–Crippen LogP) is 1.43. The van der Waals surface area contributed by atoms with Gasteiger partial charge in [-0.15, -0.1) is 11.3 Å². The van der Waals surface area contributed by atoms with Gasteiger partial charge in [-0.05, 0) is 13.3 Å². The van der Waals surface area contributed by atoms with Crippen LogP contribution in [0, 0.1) is 6.92 Å². The predicted molar refractivity (Wildman–Crippen MR) is 66.6 cm³/mol. The van der Waals surface area contributed by atoms with Crippen molar-refractivity contribution in [2.45, 2.75) is 25.6 Å². The lowest BCUT2D eigenvalue weighted by Gasteiger charge is -2.38. The van der Waals surface area contributed by atoms with Crippen LogP contribution in [-0.2, 0) is 9.47 Å². The highest BCUT2D eigenvalue weighted by atomic mass is 32.1. The van der Waals surface area contributed by atoms with E-state index in [0.29, 0.717) is 24.6 Å². The maximum Gasteiger partial charge on any atom is 0.265 e. The van der Waals surface area contributed by atoms with Crippen LogP contribution in [0.15, 0.2) is 6.20 Å². The molecule has 3 heterocycles. The van der Waals surface area contributed by atoms with E-state index < -0.39 is 5.79 Å². The van der Waals surface area contributed by atoms with Crippen LogP contribution in [0.3, 0.4) is 0 Å². The molecule has 0 radical (unpaired) electrons. The number of aromatic nitrogens is 1. The average molecular weight is 268 g/mol. The number of aryl methyl sites for hydroxylation is 1. The van der Waals surface area contributed by atoms with Gasteiger partial charge < -0.3 is 14.4 Å².